The van der Waals surface area contributed by atoms with Crippen molar-refractivity contribution in [3.8, 4) is 0 Å². The van der Waals surface area contributed by atoms with Gasteiger partial charge in [-0.25, -0.2) is 9.34 Å². The highest BCUT2D eigenvalue weighted by Gasteiger charge is 2.29. The molecule has 0 aromatic carbocycles. The molecule has 1 rings (SSSR count). The van der Waals surface area contributed by atoms with Crippen molar-refractivity contribution in [1.82, 2.24) is 13.9 Å². The largest absolute Gasteiger partial charge is 0.468 e. The lowest BCUT2D eigenvalue weighted by molar-refractivity contribution is -0.141. The van der Waals surface area contributed by atoms with E-state index in [4.69, 9.17) is 21.3 Å². The maximum absolute atomic E-state index is 11.6. The van der Waals surface area contributed by atoms with E-state index in [1.165, 1.54) is 18.4 Å². The first-order valence-electron chi connectivity index (χ1n) is 7.84. The Hall–Kier alpha value is -0.530. The summed E-state index contributed by atoms with van der Waals surface area (Å²) in [6, 6.07) is 0. The van der Waals surface area contributed by atoms with E-state index in [0.717, 1.165) is 31.0 Å². The van der Waals surface area contributed by atoms with Crippen molar-refractivity contribution in [3.05, 3.63) is 16.4 Å². The molecule has 0 saturated heterocycles. The lowest BCUT2D eigenvalue weighted by atomic mass is 10.6. The van der Waals surface area contributed by atoms with Crippen molar-refractivity contribution < 1.29 is 9.53 Å². The number of hydrogen-bond donors (Lipinski definition) is 0. The van der Waals surface area contributed by atoms with Gasteiger partial charge in [-0.2, -0.15) is 4.76 Å². The van der Waals surface area contributed by atoms with Gasteiger partial charge in [-0.3, -0.25) is 4.79 Å². The van der Waals surface area contributed by atoms with Gasteiger partial charge in [-0.1, -0.05) is 27.7 Å². The third kappa shape index (κ3) is 4.97. The zero-order valence-electron chi connectivity index (χ0n) is 14.6. The van der Waals surface area contributed by atoms with Crippen LogP contribution in [-0.4, -0.2) is 53.2 Å². The molecule has 9 heteroatoms. The lowest BCUT2D eigenvalue weighted by Crippen LogP contribution is -2.32. The minimum absolute atomic E-state index is 0.157. The molecule has 0 saturated carbocycles. The molecule has 132 valence electrons. The highest BCUT2D eigenvalue weighted by atomic mass is 32.4. The Bertz CT molecular complexity index is 590. The van der Waals surface area contributed by atoms with E-state index in [1.807, 2.05) is 16.1 Å². The van der Waals surface area contributed by atoms with Crippen LogP contribution in [0.3, 0.4) is 0 Å². The standard InChI is InChI=1S/C14H27N4O2PS2/c1-6-17(7-2)21(22,18(8-3)9-4)15-14-16(10-11-23-14)12-13(19)20-5/h10-11H,6-9,12H2,1-5H3/b15-14-. The van der Waals surface area contributed by atoms with E-state index in [-0.39, 0.29) is 12.5 Å². The Labute approximate surface area is 147 Å². The molecule has 0 atom stereocenters. The molecule has 0 N–H and O–H groups in total. The first-order chi connectivity index (χ1) is 11.0. The average Bonchev–Trinajstić information content (AvgIpc) is 2.96. The molecular formula is C14H27N4O2PS2. The van der Waals surface area contributed by atoms with Crippen LogP contribution in [0.5, 0.6) is 0 Å². The molecule has 1 heterocycles. The summed E-state index contributed by atoms with van der Waals surface area (Å²) in [5.41, 5.74) is 0. The molecule has 1 aromatic rings. The maximum Gasteiger partial charge on any atom is 0.325 e. The molecule has 0 unspecified atom stereocenters. The van der Waals surface area contributed by atoms with Gasteiger partial charge in [0.15, 0.2) is 11.3 Å². The van der Waals surface area contributed by atoms with Crippen molar-refractivity contribution in [1.29, 1.82) is 0 Å². The van der Waals surface area contributed by atoms with Crippen molar-refractivity contribution in [3.63, 3.8) is 0 Å². The van der Waals surface area contributed by atoms with Crippen LogP contribution in [-0.2, 0) is 27.9 Å². The van der Waals surface area contributed by atoms with Gasteiger partial charge >= 0.3 is 5.97 Å². The van der Waals surface area contributed by atoms with E-state index in [2.05, 4.69) is 37.0 Å². The van der Waals surface area contributed by atoms with Crippen LogP contribution in [0, 0.1) is 0 Å². The molecule has 0 aliphatic carbocycles. The zero-order valence-corrected chi connectivity index (χ0v) is 17.1. The second-order valence-corrected chi connectivity index (χ2v) is 9.48. The molecule has 6 nitrogen and oxygen atoms in total. The summed E-state index contributed by atoms with van der Waals surface area (Å²) in [4.78, 5) is 12.3. The molecule has 0 radical (unpaired) electrons. The van der Waals surface area contributed by atoms with Crippen LogP contribution in [0.15, 0.2) is 16.3 Å². The van der Waals surface area contributed by atoms with Crippen LogP contribution in [0.1, 0.15) is 27.7 Å². The molecule has 1 aromatic heterocycles. The second-order valence-electron chi connectivity index (χ2n) is 4.78. The Morgan fingerprint density at radius 1 is 1.26 bits per heavy atom. The summed E-state index contributed by atoms with van der Waals surface area (Å²) in [5.74, 6) is -0.288. The average molecular weight is 379 g/mol. The van der Waals surface area contributed by atoms with Gasteiger partial charge < -0.3 is 9.30 Å². The third-order valence-electron chi connectivity index (χ3n) is 3.60. The Morgan fingerprint density at radius 3 is 2.22 bits per heavy atom. The third-order valence-corrected chi connectivity index (χ3v) is 9.22. The SMILES string of the molecule is CCN(CC)P(=S)(/N=c1\sccn1CC(=O)OC)N(CC)CC. The van der Waals surface area contributed by atoms with Crippen molar-refractivity contribution in [2.24, 2.45) is 4.76 Å². The fourth-order valence-electron chi connectivity index (χ4n) is 2.30. The highest BCUT2D eigenvalue weighted by molar-refractivity contribution is 8.11. The molecule has 0 bridgehead atoms. The summed E-state index contributed by atoms with van der Waals surface area (Å²) >= 11 is 7.57. The summed E-state index contributed by atoms with van der Waals surface area (Å²) < 4.78 is 16.1. The molecule has 0 aliphatic rings. The molecule has 0 aliphatic heterocycles. The molecule has 23 heavy (non-hydrogen) atoms. The molecule has 0 fully saturated rings. The number of methoxy groups -OCH3 is 1. The van der Waals surface area contributed by atoms with Crippen LogP contribution in [0.4, 0.5) is 0 Å². The molecular weight excluding hydrogens is 351 g/mol. The Kier molecular flexibility index (Phi) is 8.64. The van der Waals surface area contributed by atoms with Gasteiger partial charge in [0.2, 0.25) is 0 Å². The normalized spacial score (nSPS) is 13.1. The number of nitrogens with zero attached hydrogens (tertiary/aromatic N) is 4. The lowest BCUT2D eigenvalue weighted by Gasteiger charge is -2.37. The van der Waals surface area contributed by atoms with Gasteiger partial charge in [0.05, 0.1) is 7.11 Å². The summed E-state index contributed by atoms with van der Waals surface area (Å²) in [6.45, 7) is 9.79. The van der Waals surface area contributed by atoms with Gasteiger partial charge in [0.1, 0.15) is 6.54 Å². The number of esters is 1. The monoisotopic (exact) mass is 378 g/mol. The van der Waals surface area contributed by atoms with E-state index in [0.29, 0.717) is 0 Å². The fourth-order valence-corrected chi connectivity index (χ4v) is 7.62. The number of hydrogen-bond acceptors (Lipinski definition) is 4. The number of carbonyl (C=O) groups excluding carboxylic acids is 1. The Morgan fingerprint density at radius 2 is 1.78 bits per heavy atom. The summed E-state index contributed by atoms with van der Waals surface area (Å²) in [7, 11) is 1.39. The van der Waals surface area contributed by atoms with Crippen LogP contribution >= 0.6 is 17.8 Å². The van der Waals surface area contributed by atoms with E-state index in [9.17, 15) is 4.79 Å². The first kappa shape index (κ1) is 20.5. The van der Waals surface area contributed by atoms with Crippen molar-refractivity contribution in [2.45, 2.75) is 34.2 Å². The van der Waals surface area contributed by atoms with Crippen LogP contribution in [0.25, 0.3) is 0 Å². The zero-order chi connectivity index (χ0) is 17.5. The first-order valence-corrected chi connectivity index (χ1v) is 11.4. The smallest absolute Gasteiger partial charge is 0.325 e. The van der Waals surface area contributed by atoms with Gasteiger partial charge in [-0.15, -0.1) is 11.3 Å². The fraction of sp³-hybridized carbons (Fsp3) is 0.714. The number of rotatable bonds is 9. The number of carbonyl (C=O) groups is 1. The highest BCUT2D eigenvalue weighted by Crippen LogP contribution is 2.54. The minimum atomic E-state index is -2.24. The molecule has 0 amide bonds. The predicted octanol–water partition coefficient (Wildman–Crippen LogP) is 2.53. The van der Waals surface area contributed by atoms with E-state index in [1.54, 1.807) is 0 Å². The Balaban J connectivity index is 3.38. The van der Waals surface area contributed by atoms with Crippen molar-refractivity contribution >= 4 is 35.6 Å². The topological polar surface area (TPSA) is 50.1 Å². The second kappa shape index (κ2) is 9.69. The van der Waals surface area contributed by atoms with E-state index >= 15 is 0 Å². The quantitative estimate of drug-likeness (QED) is 0.488. The minimum Gasteiger partial charge on any atom is -0.468 e. The number of aromatic nitrogens is 1. The van der Waals surface area contributed by atoms with Crippen LogP contribution < -0.4 is 4.80 Å². The summed E-state index contributed by atoms with van der Waals surface area (Å²) in [6.07, 6.45) is 1.85. The van der Waals surface area contributed by atoms with E-state index < -0.39 is 6.49 Å². The summed E-state index contributed by atoms with van der Waals surface area (Å²) in [5, 5.41) is 1.92. The van der Waals surface area contributed by atoms with Gasteiger partial charge in [0, 0.05) is 37.8 Å². The predicted molar refractivity (Wildman–Crippen MR) is 100 cm³/mol. The maximum atomic E-state index is 11.6. The van der Waals surface area contributed by atoms with Crippen LogP contribution in [0.2, 0.25) is 0 Å². The van der Waals surface area contributed by atoms with Gasteiger partial charge in [-0.05, 0) is 11.8 Å². The number of thiazole rings is 1. The number of ether oxygens (including phenoxy) is 1. The van der Waals surface area contributed by atoms with Gasteiger partial charge in [0.25, 0.3) is 0 Å². The van der Waals surface area contributed by atoms with Crippen molar-refractivity contribution in [2.75, 3.05) is 33.3 Å². The molecule has 0 spiro atoms.